The molecule has 2 aromatic carbocycles. The lowest BCUT2D eigenvalue weighted by molar-refractivity contribution is -0.389. The summed E-state index contributed by atoms with van der Waals surface area (Å²) >= 11 is 11.9. The topological polar surface area (TPSA) is 87.3 Å². The summed E-state index contributed by atoms with van der Waals surface area (Å²) in [7, 11) is 1.53. The average Bonchev–Trinajstić information content (AvgIpc) is 3.15. The molecule has 0 amide bonds. The summed E-state index contributed by atoms with van der Waals surface area (Å²) in [5.41, 5.74) is 1.86. The van der Waals surface area contributed by atoms with E-state index in [1.807, 2.05) is 6.07 Å². The van der Waals surface area contributed by atoms with Gasteiger partial charge in [-0.05, 0) is 46.9 Å². The molecule has 0 saturated carbocycles. The number of hydrogen-bond donors (Lipinski definition) is 0. The normalized spacial score (nSPS) is 11.0. The van der Waals surface area contributed by atoms with Gasteiger partial charge in [0.25, 0.3) is 0 Å². The Morgan fingerprint density at radius 3 is 2.69 bits per heavy atom. The minimum atomic E-state index is -0.555. The number of hydrogen-bond acceptors (Lipinski definition) is 5. The second kappa shape index (κ2) is 8.89. The molecule has 9 heteroatoms. The molecule has 3 rings (SSSR count). The van der Waals surface area contributed by atoms with Crippen molar-refractivity contribution in [2.75, 3.05) is 7.11 Å². The first-order valence-corrected chi connectivity index (χ1v) is 9.15. The zero-order valence-electron chi connectivity index (χ0n) is 15.2. The number of benzene rings is 2. The molecule has 148 valence electrons. The molecule has 1 heterocycles. The van der Waals surface area contributed by atoms with Crippen LogP contribution in [0.4, 0.5) is 5.82 Å². The maximum absolute atomic E-state index is 12.4. The highest BCUT2D eigenvalue weighted by Crippen LogP contribution is 2.24. The molecule has 0 bridgehead atoms. The highest BCUT2D eigenvalue weighted by atomic mass is 35.5. The van der Waals surface area contributed by atoms with Gasteiger partial charge in [-0.25, -0.2) is 0 Å². The monoisotopic (exact) mass is 431 g/mol. The smallest absolute Gasteiger partial charge is 0.389 e. The molecular formula is C20H15Cl2N3O4. The van der Waals surface area contributed by atoms with Crippen LogP contribution in [-0.4, -0.2) is 27.6 Å². The Kier molecular flexibility index (Phi) is 6.31. The number of ketones is 1. The Balaban J connectivity index is 1.82. The Labute approximate surface area is 176 Å². The number of ether oxygens (including phenoxy) is 1. The third-order valence-electron chi connectivity index (χ3n) is 4.07. The lowest BCUT2D eigenvalue weighted by Gasteiger charge is -2.08. The van der Waals surface area contributed by atoms with Crippen molar-refractivity contribution in [1.29, 1.82) is 0 Å². The zero-order chi connectivity index (χ0) is 21.0. The highest BCUT2D eigenvalue weighted by molar-refractivity contribution is 6.37. The summed E-state index contributed by atoms with van der Waals surface area (Å²) in [6.45, 7) is 0.273. The van der Waals surface area contributed by atoms with Crippen LogP contribution in [-0.2, 0) is 6.54 Å². The van der Waals surface area contributed by atoms with Crippen molar-refractivity contribution in [3.05, 3.63) is 91.6 Å². The number of methoxy groups -OCH3 is 1. The first-order chi connectivity index (χ1) is 13.9. The molecule has 0 atom stereocenters. The van der Waals surface area contributed by atoms with Crippen LogP contribution in [0.3, 0.4) is 0 Å². The Bertz CT molecular complexity index is 1110. The van der Waals surface area contributed by atoms with Gasteiger partial charge >= 0.3 is 5.82 Å². The van der Waals surface area contributed by atoms with E-state index in [0.29, 0.717) is 16.3 Å². The van der Waals surface area contributed by atoms with Crippen molar-refractivity contribution >= 4 is 40.9 Å². The van der Waals surface area contributed by atoms with Crippen molar-refractivity contribution in [2.45, 2.75) is 6.54 Å². The Morgan fingerprint density at radius 1 is 1.24 bits per heavy atom. The van der Waals surface area contributed by atoms with Crippen LogP contribution >= 0.6 is 23.2 Å². The van der Waals surface area contributed by atoms with E-state index in [9.17, 15) is 14.9 Å². The van der Waals surface area contributed by atoms with Crippen LogP contribution in [0.1, 0.15) is 21.5 Å². The van der Waals surface area contributed by atoms with Gasteiger partial charge in [-0.1, -0.05) is 35.3 Å². The lowest BCUT2D eigenvalue weighted by Crippen LogP contribution is -2.03. The molecule has 0 aliphatic rings. The first kappa shape index (κ1) is 20.6. The molecular weight excluding hydrogens is 417 g/mol. The van der Waals surface area contributed by atoms with Crippen LogP contribution in [0.5, 0.6) is 5.75 Å². The van der Waals surface area contributed by atoms with Crippen LogP contribution in [0, 0.1) is 10.1 Å². The zero-order valence-corrected chi connectivity index (χ0v) is 16.7. The van der Waals surface area contributed by atoms with Crippen LogP contribution in [0.2, 0.25) is 10.0 Å². The fourth-order valence-corrected chi connectivity index (χ4v) is 3.19. The fourth-order valence-electron chi connectivity index (χ4n) is 2.69. The standard InChI is InChI=1S/C20H15Cl2N3O4/c1-29-19-7-3-13(2-6-18(26)16-5-4-15(21)11-17(16)22)10-14(19)12-24-9-8-20(23-24)25(27)28/h2-11H,12H2,1H3/b6-2+. The summed E-state index contributed by atoms with van der Waals surface area (Å²) in [5, 5.41) is 15.4. The van der Waals surface area contributed by atoms with Gasteiger partial charge in [0.1, 0.15) is 5.75 Å². The molecule has 0 aliphatic heterocycles. The van der Waals surface area contributed by atoms with E-state index >= 15 is 0 Å². The van der Waals surface area contributed by atoms with Crippen LogP contribution < -0.4 is 4.74 Å². The maximum atomic E-state index is 12.4. The number of allylic oxidation sites excluding steroid dienone is 1. The van der Waals surface area contributed by atoms with E-state index in [2.05, 4.69) is 5.10 Å². The molecule has 3 aromatic rings. The summed E-state index contributed by atoms with van der Waals surface area (Å²) < 4.78 is 6.80. The highest BCUT2D eigenvalue weighted by Gasteiger charge is 2.13. The van der Waals surface area contributed by atoms with Gasteiger partial charge in [0.2, 0.25) is 0 Å². The number of nitro groups is 1. The Hall–Kier alpha value is -3.16. The quantitative estimate of drug-likeness (QED) is 0.226. The van der Waals surface area contributed by atoms with Crippen molar-refractivity contribution in [1.82, 2.24) is 9.78 Å². The number of carbonyl (C=O) groups is 1. The summed E-state index contributed by atoms with van der Waals surface area (Å²) in [6, 6.07) is 11.4. The van der Waals surface area contributed by atoms with Crippen molar-refractivity contribution in [3.63, 3.8) is 0 Å². The molecule has 0 fully saturated rings. The van der Waals surface area contributed by atoms with Crippen molar-refractivity contribution in [2.24, 2.45) is 0 Å². The van der Waals surface area contributed by atoms with Gasteiger partial charge in [-0.3, -0.25) is 4.79 Å². The summed E-state index contributed by atoms with van der Waals surface area (Å²) in [4.78, 5) is 22.6. The van der Waals surface area contributed by atoms with Gasteiger partial charge in [-0.2, -0.15) is 4.68 Å². The van der Waals surface area contributed by atoms with Crippen molar-refractivity contribution < 1.29 is 14.5 Å². The number of nitrogens with zero attached hydrogens (tertiary/aromatic N) is 3. The molecule has 1 aromatic heterocycles. The molecule has 29 heavy (non-hydrogen) atoms. The summed E-state index contributed by atoms with van der Waals surface area (Å²) in [5.74, 6) is 0.115. The maximum Gasteiger partial charge on any atom is 0.389 e. The first-order valence-electron chi connectivity index (χ1n) is 8.39. The lowest BCUT2D eigenvalue weighted by atomic mass is 10.1. The Morgan fingerprint density at radius 2 is 2.03 bits per heavy atom. The predicted octanol–water partition coefficient (Wildman–Crippen LogP) is 5.05. The third kappa shape index (κ3) is 5.01. The van der Waals surface area contributed by atoms with Gasteiger partial charge in [0.05, 0.1) is 36.0 Å². The second-order valence-corrected chi connectivity index (χ2v) is 6.87. The largest absolute Gasteiger partial charge is 0.496 e. The SMILES string of the molecule is COc1ccc(/C=C/C(=O)c2ccc(Cl)cc2Cl)cc1Cn1ccc([N+](=O)[O-])n1. The van der Waals surface area contributed by atoms with E-state index < -0.39 is 4.92 Å². The van der Waals surface area contributed by atoms with Crippen LogP contribution in [0.25, 0.3) is 6.08 Å². The van der Waals surface area contributed by atoms with Gasteiger partial charge < -0.3 is 14.9 Å². The van der Waals surface area contributed by atoms with E-state index in [-0.39, 0.29) is 23.2 Å². The van der Waals surface area contributed by atoms with E-state index in [1.165, 1.54) is 36.2 Å². The van der Waals surface area contributed by atoms with E-state index in [4.69, 9.17) is 27.9 Å². The fraction of sp³-hybridized carbons (Fsp3) is 0.100. The number of halogens is 2. The molecule has 0 radical (unpaired) electrons. The van der Waals surface area contributed by atoms with Gasteiger partial charge in [0.15, 0.2) is 5.78 Å². The average molecular weight is 432 g/mol. The second-order valence-electron chi connectivity index (χ2n) is 6.02. The minimum Gasteiger partial charge on any atom is -0.496 e. The van der Waals surface area contributed by atoms with Gasteiger partial charge in [0, 0.05) is 16.1 Å². The number of rotatable bonds is 7. The molecule has 0 spiro atoms. The summed E-state index contributed by atoms with van der Waals surface area (Å²) in [6.07, 6.45) is 4.59. The molecule has 0 unspecified atom stereocenters. The van der Waals surface area contributed by atoms with E-state index in [0.717, 1.165) is 11.1 Å². The van der Waals surface area contributed by atoms with Gasteiger partial charge in [-0.15, -0.1) is 0 Å². The van der Waals surface area contributed by atoms with Crippen molar-refractivity contribution in [3.8, 4) is 5.75 Å². The predicted molar refractivity (Wildman–Crippen MR) is 111 cm³/mol. The number of aromatic nitrogens is 2. The molecule has 0 aliphatic carbocycles. The minimum absolute atomic E-state index is 0.231. The van der Waals surface area contributed by atoms with E-state index in [1.54, 1.807) is 30.3 Å². The molecule has 0 N–H and O–H groups in total. The molecule has 0 saturated heterocycles. The molecule has 7 nitrogen and oxygen atoms in total. The van der Waals surface area contributed by atoms with Crippen LogP contribution in [0.15, 0.2) is 54.7 Å². The third-order valence-corrected chi connectivity index (χ3v) is 4.62. The number of carbonyl (C=O) groups excluding carboxylic acids is 1.